The lowest BCUT2D eigenvalue weighted by molar-refractivity contribution is 0.0130. The number of carbonyl (C=O) groups excluding carboxylic acids is 2. The lowest BCUT2D eigenvalue weighted by Gasteiger charge is -2.44. The third-order valence-electron chi connectivity index (χ3n) is 8.19. The van der Waals surface area contributed by atoms with E-state index >= 15 is 4.39 Å². The van der Waals surface area contributed by atoms with Gasteiger partial charge in [0.15, 0.2) is 17.8 Å². The molecule has 1 aliphatic heterocycles. The molecule has 13 heteroatoms. The van der Waals surface area contributed by atoms with E-state index in [4.69, 9.17) is 21.3 Å². The van der Waals surface area contributed by atoms with Gasteiger partial charge in [-0.25, -0.2) is 33.5 Å². The van der Waals surface area contributed by atoms with Crippen LogP contribution in [-0.4, -0.2) is 72.6 Å². The number of anilines is 1. The van der Waals surface area contributed by atoms with Crippen LogP contribution in [0.1, 0.15) is 96.2 Å². The standard InChI is InChI=1S/C35H41ClFN7O4/c1-18(2)27-30(28(19(3)4)39-26(17-45)38-27)44-32-23(14-24(36)29(40-32)22-12-10-11-13-25(22)37)31(41-33(44)46)42-15-21(6)43(16-20(42)5)34(47)48-35(7,8)9/h10-14,17-21H,15-16H2,1-9H3/t20-,21+/m0/s1. The number of rotatable bonds is 6. The first kappa shape index (κ1) is 34.9. The topological polar surface area (TPSA) is 123 Å². The van der Waals surface area contributed by atoms with Gasteiger partial charge in [0.25, 0.3) is 0 Å². The number of amides is 1. The van der Waals surface area contributed by atoms with Crippen LogP contribution >= 0.6 is 11.6 Å². The summed E-state index contributed by atoms with van der Waals surface area (Å²) in [5.74, 6) is -0.644. The lowest BCUT2D eigenvalue weighted by atomic mass is 10.0. The predicted molar refractivity (Wildman–Crippen MR) is 184 cm³/mol. The van der Waals surface area contributed by atoms with Gasteiger partial charge >= 0.3 is 11.8 Å². The highest BCUT2D eigenvalue weighted by atomic mass is 35.5. The molecule has 48 heavy (non-hydrogen) atoms. The van der Waals surface area contributed by atoms with Gasteiger partial charge in [-0.05, 0) is 64.7 Å². The van der Waals surface area contributed by atoms with Crippen LogP contribution in [0.4, 0.5) is 15.0 Å². The van der Waals surface area contributed by atoms with Crippen molar-refractivity contribution in [3.63, 3.8) is 0 Å². The van der Waals surface area contributed by atoms with Crippen LogP contribution in [0.15, 0.2) is 35.1 Å². The molecule has 1 aliphatic rings. The third-order valence-corrected chi connectivity index (χ3v) is 8.48. The molecule has 0 saturated carbocycles. The summed E-state index contributed by atoms with van der Waals surface area (Å²) in [7, 11) is 0. The molecule has 3 aromatic heterocycles. The molecule has 2 atom stereocenters. The minimum Gasteiger partial charge on any atom is -0.444 e. The number of carbonyl (C=O) groups is 2. The molecule has 0 radical (unpaired) electrons. The van der Waals surface area contributed by atoms with Crippen LogP contribution in [0, 0.1) is 5.82 Å². The number of ether oxygens (including phenoxy) is 1. The fraction of sp³-hybridized carbons (Fsp3) is 0.457. The summed E-state index contributed by atoms with van der Waals surface area (Å²) in [5, 5.41) is 0.600. The Bertz CT molecular complexity index is 1930. The normalized spacial score (nSPS) is 17.0. The van der Waals surface area contributed by atoms with Crippen molar-refractivity contribution >= 4 is 40.8 Å². The highest BCUT2D eigenvalue weighted by Gasteiger charge is 2.37. The third kappa shape index (κ3) is 6.63. The molecule has 1 amide bonds. The van der Waals surface area contributed by atoms with E-state index in [2.05, 4.69) is 15.0 Å². The average molecular weight is 678 g/mol. The average Bonchev–Trinajstić information content (AvgIpc) is 3.00. The maximum absolute atomic E-state index is 15.2. The Balaban J connectivity index is 1.81. The lowest BCUT2D eigenvalue weighted by Crippen LogP contribution is -2.59. The van der Waals surface area contributed by atoms with Crippen LogP contribution in [0.25, 0.3) is 28.0 Å². The largest absolute Gasteiger partial charge is 0.444 e. The van der Waals surface area contributed by atoms with Crippen LogP contribution in [0.3, 0.4) is 0 Å². The highest BCUT2D eigenvalue weighted by molar-refractivity contribution is 6.33. The smallest absolute Gasteiger partial charge is 0.410 e. The summed E-state index contributed by atoms with van der Waals surface area (Å²) in [6.07, 6.45) is 0.160. The highest BCUT2D eigenvalue weighted by Crippen LogP contribution is 2.37. The number of halogens is 2. The van der Waals surface area contributed by atoms with Gasteiger partial charge in [0.2, 0.25) is 0 Å². The summed E-state index contributed by atoms with van der Waals surface area (Å²) < 4.78 is 22.2. The van der Waals surface area contributed by atoms with Crippen molar-refractivity contribution in [3.05, 3.63) is 68.9 Å². The molecule has 1 fully saturated rings. The van der Waals surface area contributed by atoms with Crippen molar-refractivity contribution < 1.29 is 18.7 Å². The minimum absolute atomic E-state index is 0.00167. The van der Waals surface area contributed by atoms with Crippen LogP contribution < -0.4 is 10.6 Å². The van der Waals surface area contributed by atoms with E-state index in [9.17, 15) is 14.4 Å². The Hall–Kier alpha value is -4.45. The molecule has 0 N–H and O–H groups in total. The molecule has 254 valence electrons. The van der Waals surface area contributed by atoms with Crippen molar-refractivity contribution in [2.75, 3.05) is 18.0 Å². The number of aromatic nitrogens is 5. The van der Waals surface area contributed by atoms with Crippen molar-refractivity contribution in [1.29, 1.82) is 0 Å². The van der Waals surface area contributed by atoms with Gasteiger partial charge in [-0.3, -0.25) is 4.79 Å². The van der Waals surface area contributed by atoms with Gasteiger partial charge in [0, 0.05) is 30.7 Å². The number of piperazine rings is 1. The minimum atomic E-state index is -0.660. The summed E-state index contributed by atoms with van der Waals surface area (Å²) in [4.78, 5) is 61.5. The predicted octanol–water partition coefficient (Wildman–Crippen LogP) is 6.92. The molecule has 0 aliphatic carbocycles. The second-order valence-electron chi connectivity index (χ2n) is 13.8. The molecule has 0 spiro atoms. The van der Waals surface area contributed by atoms with Gasteiger partial charge in [-0.2, -0.15) is 4.98 Å². The zero-order valence-corrected chi connectivity index (χ0v) is 29.5. The zero-order chi connectivity index (χ0) is 35.2. The number of hydrogen-bond donors (Lipinski definition) is 0. The molecule has 4 heterocycles. The zero-order valence-electron chi connectivity index (χ0n) is 28.7. The number of nitrogens with zero attached hydrogens (tertiary/aromatic N) is 7. The maximum Gasteiger partial charge on any atom is 0.410 e. The monoisotopic (exact) mass is 677 g/mol. The van der Waals surface area contributed by atoms with Crippen molar-refractivity contribution in [1.82, 2.24) is 29.4 Å². The Morgan fingerprint density at radius 2 is 1.62 bits per heavy atom. The Kier molecular flexibility index (Phi) is 9.60. The Morgan fingerprint density at radius 1 is 1.00 bits per heavy atom. The number of benzene rings is 1. The number of pyridine rings is 1. The van der Waals surface area contributed by atoms with E-state index in [-0.39, 0.29) is 51.7 Å². The van der Waals surface area contributed by atoms with Gasteiger partial charge < -0.3 is 14.5 Å². The first-order chi connectivity index (χ1) is 22.5. The van der Waals surface area contributed by atoms with Crippen molar-refractivity contribution in [2.24, 2.45) is 0 Å². The number of fused-ring (bicyclic) bond motifs is 1. The van der Waals surface area contributed by atoms with E-state index in [1.807, 2.05) is 67.2 Å². The fourth-order valence-electron chi connectivity index (χ4n) is 5.96. The first-order valence-electron chi connectivity index (χ1n) is 16.0. The second kappa shape index (κ2) is 13.2. The van der Waals surface area contributed by atoms with E-state index in [1.165, 1.54) is 10.6 Å². The SMILES string of the molecule is CC(C)c1nc(C=O)nc(C(C)C)c1-n1c(=O)nc(N2C[C@@H](C)N(C(=O)OC(C)(C)C)C[C@@H]2C)c2cc(Cl)c(-c3ccccc3F)nc21. The summed E-state index contributed by atoms with van der Waals surface area (Å²) >= 11 is 6.86. The van der Waals surface area contributed by atoms with Gasteiger partial charge in [0.1, 0.15) is 17.2 Å². The molecular formula is C35H41ClFN7O4. The molecular weight excluding hydrogens is 637 g/mol. The van der Waals surface area contributed by atoms with Crippen molar-refractivity contribution in [2.45, 2.75) is 91.8 Å². The molecule has 11 nitrogen and oxygen atoms in total. The van der Waals surface area contributed by atoms with E-state index in [0.717, 1.165) is 0 Å². The van der Waals surface area contributed by atoms with Gasteiger partial charge in [-0.15, -0.1) is 0 Å². The van der Waals surface area contributed by atoms with E-state index in [0.29, 0.717) is 47.7 Å². The van der Waals surface area contributed by atoms with Crippen LogP contribution in [0.2, 0.25) is 5.02 Å². The van der Waals surface area contributed by atoms with Gasteiger partial charge in [-0.1, -0.05) is 51.4 Å². The molecule has 5 rings (SSSR count). The quantitative estimate of drug-likeness (QED) is 0.200. The molecule has 1 aromatic carbocycles. The summed E-state index contributed by atoms with van der Waals surface area (Å²) in [5.41, 5.74) is 0.458. The molecule has 4 aromatic rings. The molecule has 0 bridgehead atoms. The maximum atomic E-state index is 15.2. The van der Waals surface area contributed by atoms with Gasteiger partial charge in [0.05, 0.1) is 33.2 Å². The molecule has 0 unspecified atom stereocenters. The Morgan fingerprint density at radius 3 is 2.19 bits per heavy atom. The van der Waals surface area contributed by atoms with Crippen LogP contribution in [0.5, 0.6) is 0 Å². The number of hydrogen-bond acceptors (Lipinski definition) is 9. The van der Waals surface area contributed by atoms with E-state index in [1.54, 1.807) is 29.2 Å². The first-order valence-corrected chi connectivity index (χ1v) is 16.4. The summed E-state index contributed by atoms with van der Waals surface area (Å²) in [6, 6.07) is 7.21. The number of aldehydes is 1. The Labute approximate surface area is 284 Å². The second-order valence-corrected chi connectivity index (χ2v) is 14.2. The van der Waals surface area contributed by atoms with Crippen LogP contribution in [-0.2, 0) is 4.74 Å². The molecule has 1 saturated heterocycles. The fourth-order valence-corrected chi connectivity index (χ4v) is 6.21. The van der Waals surface area contributed by atoms with E-state index < -0.39 is 23.2 Å². The van der Waals surface area contributed by atoms with Crippen molar-refractivity contribution in [3.8, 4) is 16.9 Å². The summed E-state index contributed by atoms with van der Waals surface area (Å²) in [6.45, 7) is 17.6.